The summed E-state index contributed by atoms with van der Waals surface area (Å²) in [7, 11) is 0. The van der Waals surface area contributed by atoms with Crippen LogP contribution in [0.15, 0.2) is 47.3 Å². The Kier molecular flexibility index (Phi) is 4.01. The number of hydrogen-bond acceptors (Lipinski definition) is 5. The number of nitrogens with one attached hydrogen (secondary N) is 1. The Morgan fingerprint density at radius 2 is 2.20 bits per heavy atom. The molecule has 1 atom stereocenters. The van der Waals surface area contributed by atoms with Gasteiger partial charge in [-0.05, 0) is 44.4 Å². The number of aryl methyl sites for hydroxylation is 2. The zero-order valence-electron chi connectivity index (χ0n) is 13.9. The summed E-state index contributed by atoms with van der Waals surface area (Å²) in [6.07, 6.45) is 7.81. The van der Waals surface area contributed by atoms with E-state index in [2.05, 4.69) is 20.3 Å². The van der Waals surface area contributed by atoms with Gasteiger partial charge in [-0.3, -0.25) is 9.78 Å². The van der Waals surface area contributed by atoms with Gasteiger partial charge < -0.3 is 9.73 Å². The highest BCUT2D eigenvalue weighted by atomic mass is 16.3. The fourth-order valence-electron chi connectivity index (χ4n) is 3.17. The standard InChI is InChI=1S/C19H18N4O2/c1-12-13(8-10-25-12)19(24)23-16-7-4-6-15-14(16)11-21-18(22-15)17-5-2-3-9-20-17/h2-3,5,8-11,16H,4,6-7H2,1H3,(H,23,24)/t16-/m0/s1. The van der Waals surface area contributed by atoms with E-state index in [0.717, 1.165) is 36.2 Å². The van der Waals surface area contributed by atoms with E-state index in [1.807, 2.05) is 24.4 Å². The third kappa shape index (κ3) is 3.03. The first kappa shape index (κ1) is 15.5. The fraction of sp³-hybridized carbons (Fsp3) is 0.263. The van der Waals surface area contributed by atoms with Crippen molar-refractivity contribution >= 4 is 5.91 Å². The monoisotopic (exact) mass is 334 g/mol. The number of aromatic nitrogens is 3. The van der Waals surface area contributed by atoms with Crippen LogP contribution in [-0.4, -0.2) is 20.9 Å². The predicted molar refractivity (Wildman–Crippen MR) is 91.9 cm³/mol. The minimum Gasteiger partial charge on any atom is -0.469 e. The second kappa shape index (κ2) is 6.47. The predicted octanol–water partition coefficient (Wildman–Crippen LogP) is 3.25. The number of pyridine rings is 1. The van der Waals surface area contributed by atoms with Crippen LogP contribution in [0.3, 0.4) is 0 Å². The highest BCUT2D eigenvalue weighted by Gasteiger charge is 2.25. The number of fused-ring (bicyclic) bond motifs is 1. The molecule has 0 spiro atoms. The number of carbonyl (C=O) groups excluding carboxylic acids is 1. The van der Waals surface area contributed by atoms with E-state index in [4.69, 9.17) is 4.42 Å². The second-order valence-corrected chi connectivity index (χ2v) is 6.12. The molecular formula is C19H18N4O2. The van der Waals surface area contributed by atoms with E-state index in [9.17, 15) is 4.79 Å². The SMILES string of the molecule is Cc1occc1C(=O)N[C@H]1CCCc2nc(-c3ccccn3)ncc21. The molecule has 25 heavy (non-hydrogen) atoms. The number of nitrogens with zero attached hydrogens (tertiary/aromatic N) is 3. The summed E-state index contributed by atoms with van der Waals surface area (Å²) in [5, 5.41) is 3.08. The van der Waals surface area contributed by atoms with Gasteiger partial charge in [-0.25, -0.2) is 9.97 Å². The zero-order chi connectivity index (χ0) is 17.2. The zero-order valence-corrected chi connectivity index (χ0v) is 13.9. The van der Waals surface area contributed by atoms with Crippen LogP contribution in [0, 0.1) is 6.92 Å². The summed E-state index contributed by atoms with van der Waals surface area (Å²) < 4.78 is 5.22. The number of carbonyl (C=O) groups is 1. The number of rotatable bonds is 3. The molecule has 3 heterocycles. The molecule has 0 radical (unpaired) electrons. The van der Waals surface area contributed by atoms with Gasteiger partial charge in [0.1, 0.15) is 11.5 Å². The minimum absolute atomic E-state index is 0.0802. The van der Waals surface area contributed by atoms with Crippen LogP contribution in [-0.2, 0) is 6.42 Å². The van der Waals surface area contributed by atoms with Gasteiger partial charge in [0, 0.05) is 23.7 Å². The fourth-order valence-corrected chi connectivity index (χ4v) is 3.17. The van der Waals surface area contributed by atoms with E-state index < -0.39 is 0 Å². The van der Waals surface area contributed by atoms with Gasteiger partial charge in [0.15, 0.2) is 5.82 Å². The number of hydrogen-bond donors (Lipinski definition) is 1. The molecule has 3 aromatic heterocycles. The maximum Gasteiger partial charge on any atom is 0.255 e. The van der Waals surface area contributed by atoms with E-state index in [-0.39, 0.29) is 11.9 Å². The average Bonchev–Trinajstić information content (AvgIpc) is 3.08. The Hall–Kier alpha value is -3.02. The summed E-state index contributed by atoms with van der Waals surface area (Å²) in [6.45, 7) is 1.78. The number of amides is 1. The van der Waals surface area contributed by atoms with Crippen molar-refractivity contribution in [1.29, 1.82) is 0 Å². The lowest BCUT2D eigenvalue weighted by Gasteiger charge is -2.25. The van der Waals surface area contributed by atoms with Gasteiger partial charge in [0.25, 0.3) is 5.91 Å². The lowest BCUT2D eigenvalue weighted by Crippen LogP contribution is -2.31. The van der Waals surface area contributed by atoms with Crippen LogP contribution in [0.5, 0.6) is 0 Å². The smallest absolute Gasteiger partial charge is 0.255 e. The van der Waals surface area contributed by atoms with E-state index in [0.29, 0.717) is 17.1 Å². The Morgan fingerprint density at radius 1 is 1.28 bits per heavy atom. The Bertz CT molecular complexity index is 905. The molecule has 0 bridgehead atoms. The molecule has 126 valence electrons. The summed E-state index contributed by atoms with van der Waals surface area (Å²) in [4.78, 5) is 25.9. The first-order valence-corrected chi connectivity index (χ1v) is 8.34. The molecule has 0 saturated carbocycles. The molecule has 1 amide bonds. The van der Waals surface area contributed by atoms with Crippen LogP contribution in [0.1, 0.15) is 46.3 Å². The molecule has 0 fully saturated rings. The van der Waals surface area contributed by atoms with Crippen LogP contribution in [0.25, 0.3) is 11.5 Å². The van der Waals surface area contributed by atoms with Gasteiger partial charge in [-0.2, -0.15) is 0 Å². The maximum absolute atomic E-state index is 12.5. The molecule has 1 N–H and O–H groups in total. The molecule has 4 rings (SSSR count). The Morgan fingerprint density at radius 3 is 2.96 bits per heavy atom. The highest BCUT2D eigenvalue weighted by molar-refractivity contribution is 5.95. The minimum atomic E-state index is -0.127. The van der Waals surface area contributed by atoms with Gasteiger partial charge in [-0.1, -0.05) is 6.07 Å². The lowest BCUT2D eigenvalue weighted by atomic mass is 9.92. The van der Waals surface area contributed by atoms with Crippen LogP contribution < -0.4 is 5.32 Å². The van der Waals surface area contributed by atoms with Crippen molar-refractivity contribution < 1.29 is 9.21 Å². The summed E-state index contributed by atoms with van der Waals surface area (Å²) >= 11 is 0. The van der Waals surface area contributed by atoms with Crippen LogP contribution in [0.4, 0.5) is 0 Å². The van der Waals surface area contributed by atoms with Gasteiger partial charge >= 0.3 is 0 Å². The normalized spacial score (nSPS) is 16.3. The van der Waals surface area contributed by atoms with Crippen molar-refractivity contribution in [2.75, 3.05) is 0 Å². The molecule has 0 unspecified atom stereocenters. The van der Waals surface area contributed by atoms with E-state index >= 15 is 0 Å². The molecule has 0 aromatic carbocycles. The first-order chi connectivity index (χ1) is 12.2. The quantitative estimate of drug-likeness (QED) is 0.795. The molecule has 0 aliphatic heterocycles. The third-order valence-corrected chi connectivity index (χ3v) is 4.48. The van der Waals surface area contributed by atoms with Crippen molar-refractivity contribution in [1.82, 2.24) is 20.3 Å². The van der Waals surface area contributed by atoms with Gasteiger partial charge in [0.2, 0.25) is 0 Å². The number of furan rings is 1. The van der Waals surface area contributed by atoms with Gasteiger partial charge in [-0.15, -0.1) is 0 Å². The molecule has 6 heteroatoms. The summed E-state index contributed by atoms with van der Waals surface area (Å²) in [6, 6.07) is 7.29. The Labute approximate surface area is 145 Å². The molecule has 1 aliphatic carbocycles. The first-order valence-electron chi connectivity index (χ1n) is 8.34. The molecule has 3 aromatic rings. The topological polar surface area (TPSA) is 80.9 Å². The van der Waals surface area contributed by atoms with Crippen molar-refractivity contribution in [3.63, 3.8) is 0 Å². The summed E-state index contributed by atoms with van der Waals surface area (Å²) in [5.41, 5.74) is 3.29. The lowest BCUT2D eigenvalue weighted by molar-refractivity contribution is 0.0931. The molecular weight excluding hydrogens is 316 g/mol. The third-order valence-electron chi connectivity index (χ3n) is 4.48. The van der Waals surface area contributed by atoms with Crippen molar-refractivity contribution in [2.24, 2.45) is 0 Å². The van der Waals surface area contributed by atoms with E-state index in [1.165, 1.54) is 6.26 Å². The van der Waals surface area contributed by atoms with Crippen molar-refractivity contribution in [3.8, 4) is 11.5 Å². The largest absolute Gasteiger partial charge is 0.469 e. The van der Waals surface area contributed by atoms with E-state index in [1.54, 1.807) is 19.2 Å². The Balaban J connectivity index is 1.60. The molecule has 6 nitrogen and oxygen atoms in total. The van der Waals surface area contributed by atoms with Crippen molar-refractivity contribution in [3.05, 3.63) is 65.5 Å². The summed E-state index contributed by atoms with van der Waals surface area (Å²) in [5.74, 6) is 1.12. The second-order valence-electron chi connectivity index (χ2n) is 6.12. The highest BCUT2D eigenvalue weighted by Crippen LogP contribution is 2.29. The van der Waals surface area contributed by atoms with Crippen LogP contribution >= 0.6 is 0 Å². The van der Waals surface area contributed by atoms with Crippen LogP contribution in [0.2, 0.25) is 0 Å². The van der Waals surface area contributed by atoms with Crippen molar-refractivity contribution in [2.45, 2.75) is 32.2 Å². The average molecular weight is 334 g/mol. The maximum atomic E-state index is 12.5. The van der Waals surface area contributed by atoms with Gasteiger partial charge in [0.05, 0.1) is 17.9 Å². The molecule has 1 aliphatic rings. The molecule has 0 saturated heterocycles.